The predicted octanol–water partition coefficient (Wildman–Crippen LogP) is 1.90. The zero-order valence-corrected chi connectivity index (χ0v) is 13.1. The van der Waals surface area contributed by atoms with E-state index in [0.717, 1.165) is 18.1 Å². The molecule has 1 rings (SSSR count). The first-order valence-corrected chi connectivity index (χ1v) is 7.64. The highest BCUT2D eigenvalue weighted by Crippen LogP contribution is 2.24. The Bertz CT molecular complexity index is 438. The van der Waals surface area contributed by atoms with E-state index in [-0.39, 0.29) is 5.91 Å². The molecule has 20 heavy (non-hydrogen) atoms. The van der Waals surface area contributed by atoms with Gasteiger partial charge >= 0.3 is 0 Å². The van der Waals surface area contributed by atoms with Gasteiger partial charge in [-0.25, -0.2) is 0 Å². The Morgan fingerprint density at radius 1 is 1.40 bits per heavy atom. The summed E-state index contributed by atoms with van der Waals surface area (Å²) >= 11 is 1.78. The second kappa shape index (κ2) is 8.71. The van der Waals surface area contributed by atoms with Crippen LogP contribution in [0.5, 0.6) is 5.75 Å². The first-order valence-electron chi connectivity index (χ1n) is 6.48. The third-order valence-electron chi connectivity index (χ3n) is 2.69. The van der Waals surface area contributed by atoms with Crippen molar-refractivity contribution in [3.8, 4) is 5.75 Å². The van der Waals surface area contributed by atoms with Gasteiger partial charge in [-0.2, -0.15) is 11.8 Å². The van der Waals surface area contributed by atoms with E-state index < -0.39 is 0 Å². The van der Waals surface area contributed by atoms with Crippen molar-refractivity contribution < 1.29 is 9.53 Å². The maximum absolute atomic E-state index is 11.8. The SMILES string of the molecule is COc1ccc(NC(=O)CCSCCN(C)C)c(N)c1. The molecule has 0 saturated heterocycles. The molecule has 1 aromatic rings. The van der Waals surface area contributed by atoms with Crippen LogP contribution < -0.4 is 15.8 Å². The fraction of sp³-hybridized carbons (Fsp3) is 0.500. The monoisotopic (exact) mass is 297 g/mol. The lowest BCUT2D eigenvalue weighted by Gasteiger charge is -2.10. The topological polar surface area (TPSA) is 67.6 Å². The number of rotatable bonds is 8. The number of carbonyl (C=O) groups excluding carboxylic acids is 1. The van der Waals surface area contributed by atoms with Crippen molar-refractivity contribution in [3.63, 3.8) is 0 Å². The van der Waals surface area contributed by atoms with Crippen LogP contribution in [0.2, 0.25) is 0 Å². The number of nitrogens with two attached hydrogens (primary N) is 1. The first kappa shape index (κ1) is 16.7. The Morgan fingerprint density at radius 2 is 2.15 bits per heavy atom. The van der Waals surface area contributed by atoms with Crippen LogP contribution in [0.15, 0.2) is 18.2 Å². The highest BCUT2D eigenvalue weighted by Gasteiger charge is 2.06. The lowest BCUT2D eigenvalue weighted by atomic mass is 10.2. The van der Waals surface area contributed by atoms with Crippen LogP contribution in [-0.2, 0) is 4.79 Å². The molecule has 0 spiro atoms. The Labute approximate surface area is 124 Å². The summed E-state index contributed by atoms with van der Waals surface area (Å²) in [4.78, 5) is 13.9. The Kier molecular flexibility index (Phi) is 7.25. The Morgan fingerprint density at radius 3 is 2.75 bits per heavy atom. The number of benzene rings is 1. The van der Waals surface area contributed by atoms with Crippen molar-refractivity contribution in [2.45, 2.75) is 6.42 Å². The minimum atomic E-state index is -0.0146. The van der Waals surface area contributed by atoms with Crippen LogP contribution in [0.4, 0.5) is 11.4 Å². The summed E-state index contributed by atoms with van der Waals surface area (Å²) in [6, 6.07) is 5.23. The molecule has 0 atom stereocenters. The predicted molar refractivity (Wildman–Crippen MR) is 86.5 cm³/mol. The molecule has 0 radical (unpaired) electrons. The van der Waals surface area contributed by atoms with Crippen LogP contribution in [0.1, 0.15) is 6.42 Å². The number of methoxy groups -OCH3 is 1. The van der Waals surface area contributed by atoms with E-state index in [4.69, 9.17) is 10.5 Å². The molecule has 0 aromatic heterocycles. The fourth-order valence-electron chi connectivity index (χ4n) is 1.51. The average Bonchev–Trinajstić information content (AvgIpc) is 2.40. The zero-order chi connectivity index (χ0) is 15.0. The average molecular weight is 297 g/mol. The summed E-state index contributed by atoms with van der Waals surface area (Å²) in [6.45, 7) is 1.03. The Balaban J connectivity index is 2.32. The lowest BCUT2D eigenvalue weighted by molar-refractivity contribution is -0.115. The first-order chi connectivity index (χ1) is 9.52. The standard InChI is InChI=1S/C14H23N3O2S/c1-17(2)7-9-20-8-6-14(18)16-13-5-4-11(19-3)10-12(13)15/h4-5,10H,6-9,15H2,1-3H3,(H,16,18). The van der Waals surface area contributed by atoms with Crippen LogP contribution in [-0.4, -0.2) is 50.1 Å². The van der Waals surface area contributed by atoms with E-state index in [1.54, 1.807) is 37.1 Å². The number of ether oxygens (including phenoxy) is 1. The number of thioether (sulfide) groups is 1. The van der Waals surface area contributed by atoms with Crippen molar-refractivity contribution in [2.24, 2.45) is 0 Å². The second-order valence-electron chi connectivity index (χ2n) is 4.67. The lowest BCUT2D eigenvalue weighted by Crippen LogP contribution is -2.16. The number of nitrogens with one attached hydrogen (secondary N) is 1. The summed E-state index contributed by atoms with van der Waals surface area (Å²) in [6.07, 6.45) is 0.490. The van der Waals surface area contributed by atoms with Gasteiger partial charge in [0, 0.05) is 30.5 Å². The van der Waals surface area contributed by atoms with Gasteiger partial charge < -0.3 is 20.7 Å². The molecule has 1 aromatic carbocycles. The van der Waals surface area contributed by atoms with E-state index in [0.29, 0.717) is 23.5 Å². The van der Waals surface area contributed by atoms with E-state index in [1.165, 1.54) is 0 Å². The van der Waals surface area contributed by atoms with Gasteiger partial charge in [0.15, 0.2) is 0 Å². The van der Waals surface area contributed by atoms with Crippen LogP contribution >= 0.6 is 11.8 Å². The zero-order valence-electron chi connectivity index (χ0n) is 12.3. The summed E-state index contributed by atoms with van der Waals surface area (Å²) in [7, 11) is 5.66. The van der Waals surface area contributed by atoms with Gasteiger partial charge in [-0.3, -0.25) is 4.79 Å². The van der Waals surface area contributed by atoms with E-state index >= 15 is 0 Å². The van der Waals surface area contributed by atoms with E-state index in [1.807, 2.05) is 14.1 Å². The number of anilines is 2. The van der Waals surface area contributed by atoms with Gasteiger partial charge in [-0.1, -0.05) is 0 Å². The number of nitrogen functional groups attached to an aromatic ring is 1. The summed E-state index contributed by atoms with van der Waals surface area (Å²) < 4.78 is 5.07. The minimum absolute atomic E-state index is 0.0146. The molecule has 6 heteroatoms. The molecule has 5 nitrogen and oxygen atoms in total. The highest BCUT2D eigenvalue weighted by atomic mass is 32.2. The molecule has 0 bridgehead atoms. The minimum Gasteiger partial charge on any atom is -0.497 e. The van der Waals surface area contributed by atoms with Crippen molar-refractivity contribution in [3.05, 3.63) is 18.2 Å². The van der Waals surface area contributed by atoms with Gasteiger partial charge in [0.2, 0.25) is 5.91 Å². The quantitative estimate of drug-likeness (QED) is 0.566. The molecular weight excluding hydrogens is 274 g/mol. The fourth-order valence-corrected chi connectivity index (χ4v) is 2.54. The Hall–Kier alpha value is -1.40. The summed E-state index contributed by atoms with van der Waals surface area (Å²) in [5.74, 6) is 2.51. The molecule has 3 N–H and O–H groups in total. The van der Waals surface area contributed by atoms with Crippen LogP contribution in [0.3, 0.4) is 0 Å². The summed E-state index contributed by atoms with van der Waals surface area (Å²) in [5.41, 5.74) is 6.99. The van der Waals surface area contributed by atoms with Gasteiger partial charge in [0.25, 0.3) is 0 Å². The molecule has 0 heterocycles. The van der Waals surface area contributed by atoms with Crippen LogP contribution in [0, 0.1) is 0 Å². The molecular formula is C14H23N3O2S. The molecule has 0 aliphatic carbocycles. The summed E-state index contributed by atoms with van der Waals surface area (Å²) in [5, 5.41) is 2.82. The number of hydrogen-bond donors (Lipinski definition) is 2. The largest absolute Gasteiger partial charge is 0.497 e. The maximum atomic E-state index is 11.8. The molecule has 0 unspecified atom stereocenters. The number of hydrogen-bond acceptors (Lipinski definition) is 5. The normalized spacial score (nSPS) is 10.6. The smallest absolute Gasteiger partial charge is 0.225 e. The van der Waals surface area contributed by atoms with Crippen molar-refractivity contribution in [2.75, 3.05) is 50.3 Å². The third kappa shape index (κ3) is 6.16. The second-order valence-corrected chi connectivity index (χ2v) is 5.89. The number of carbonyl (C=O) groups is 1. The van der Waals surface area contributed by atoms with Gasteiger partial charge in [0.1, 0.15) is 5.75 Å². The molecule has 1 amide bonds. The molecule has 0 aliphatic rings. The maximum Gasteiger partial charge on any atom is 0.225 e. The third-order valence-corrected chi connectivity index (χ3v) is 3.65. The van der Waals surface area contributed by atoms with Crippen molar-refractivity contribution >= 4 is 29.0 Å². The van der Waals surface area contributed by atoms with Gasteiger partial charge in [0.05, 0.1) is 18.5 Å². The van der Waals surface area contributed by atoms with Gasteiger partial charge in [-0.15, -0.1) is 0 Å². The van der Waals surface area contributed by atoms with Crippen molar-refractivity contribution in [1.82, 2.24) is 4.90 Å². The van der Waals surface area contributed by atoms with Crippen molar-refractivity contribution in [1.29, 1.82) is 0 Å². The van der Waals surface area contributed by atoms with E-state index in [2.05, 4.69) is 10.2 Å². The molecule has 0 fully saturated rings. The highest BCUT2D eigenvalue weighted by molar-refractivity contribution is 7.99. The molecule has 112 valence electrons. The molecule has 0 saturated carbocycles. The van der Waals surface area contributed by atoms with Gasteiger partial charge in [-0.05, 0) is 26.2 Å². The number of amides is 1. The van der Waals surface area contributed by atoms with E-state index in [9.17, 15) is 4.79 Å². The number of nitrogens with zero attached hydrogens (tertiary/aromatic N) is 1. The van der Waals surface area contributed by atoms with Crippen LogP contribution in [0.25, 0.3) is 0 Å². The molecule has 0 aliphatic heterocycles.